The SMILES string of the molecule is CC(N=Cc1ccc(Oc2ccccc2)cc1)c1cc(Cl)ccc1Cl. The first-order valence-electron chi connectivity index (χ1n) is 7.93. The maximum Gasteiger partial charge on any atom is 0.127 e. The van der Waals surface area contributed by atoms with Gasteiger partial charge in [0.05, 0.1) is 6.04 Å². The zero-order chi connectivity index (χ0) is 17.6. The van der Waals surface area contributed by atoms with Crippen LogP contribution < -0.4 is 4.74 Å². The van der Waals surface area contributed by atoms with Crippen molar-refractivity contribution in [2.24, 2.45) is 4.99 Å². The van der Waals surface area contributed by atoms with Gasteiger partial charge in [0.15, 0.2) is 0 Å². The van der Waals surface area contributed by atoms with Gasteiger partial charge < -0.3 is 4.74 Å². The molecular weight excluding hydrogens is 353 g/mol. The molecule has 0 saturated carbocycles. The monoisotopic (exact) mass is 369 g/mol. The second-order valence-corrected chi connectivity index (χ2v) is 6.45. The first kappa shape index (κ1) is 17.5. The molecule has 0 aliphatic rings. The molecule has 126 valence electrons. The predicted molar refractivity (Wildman–Crippen MR) is 105 cm³/mol. The summed E-state index contributed by atoms with van der Waals surface area (Å²) in [5.41, 5.74) is 1.90. The van der Waals surface area contributed by atoms with E-state index >= 15 is 0 Å². The van der Waals surface area contributed by atoms with Crippen LogP contribution in [0.25, 0.3) is 0 Å². The Morgan fingerprint density at radius 2 is 1.56 bits per heavy atom. The molecule has 1 unspecified atom stereocenters. The summed E-state index contributed by atoms with van der Waals surface area (Å²) in [5.74, 6) is 1.60. The van der Waals surface area contributed by atoms with E-state index in [0.29, 0.717) is 10.0 Å². The van der Waals surface area contributed by atoms with Crippen molar-refractivity contribution >= 4 is 29.4 Å². The number of benzene rings is 3. The van der Waals surface area contributed by atoms with Crippen LogP contribution in [0.5, 0.6) is 11.5 Å². The Hall–Kier alpha value is -2.29. The van der Waals surface area contributed by atoms with E-state index < -0.39 is 0 Å². The molecule has 1 atom stereocenters. The Kier molecular flexibility index (Phi) is 5.75. The van der Waals surface area contributed by atoms with Crippen molar-refractivity contribution in [1.29, 1.82) is 0 Å². The summed E-state index contributed by atoms with van der Waals surface area (Å²) >= 11 is 12.3. The number of halogens is 2. The number of hydrogen-bond donors (Lipinski definition) is 0. The number of rotatable bonds is 5. The molecule has 0 spiro atoms. The molecule has 2 nitrogen and oxygen atoms in total. The van der Waals surface area contributed by atoms with Gasteiger partial charge >= 0.3 is 0 Å². The Bertz CT molecular complexity index is 861. The summed E-state index contributed by atoms with van der Waals surface area (Å²) < 4.78 is 5.78. The van der Waals surface area contributed by atoms with Crippen LogP contribution in [-0.2, 0) is 0 Å². The van der Waals surface area contributed by atoms with E-state index in [2.05, 4.69) is 4.99 Å². The molecular formula is C21H17Cl2NO. The lowest BCUT2D eigenvalue weighted by atomic mass is 10.1. The van der Waals surface area contributed by atoms with E-state index in [1.165, 1.54) is 0 Å². The van der Waals surface area contributed by atoms with Crippen molar-refractivity contribution in [1.82, 2.24) is 0 Å². The molecule has 25 heavy (non-hydrogen) atoms. The minimum Gasteiger partial charge on any atom is -0.457 e. The molecule has 3 aromatic rings. The van der Waals surface area contributed by atoms with E-state index in [1.54, 1.807) is 12.1 Å². The highest BCUT2D eigenvalue weighted by molar-refractivity contribution is 6.33. The highest BCUT2D eigenvalue weighted by Crippen LogP contribution is 2.28. The molecule has 0 saturated heterocycles. The predicted octanol–water partition coefficient (Wildman–Crippen LogP) is 6.97. The zero-order valence-corrected chi connectivity index (χ0v) is 15.2. The van der Waals surface area contributed by atoms with Crippen LogP contribution in [0.3, 0.4) is 0 Å². The number of para-hydroxylation sites is 1. The molecule has 0 heterocycles. The molecule has 4 heteroatoms. The van der Waals surface area contributed by atoms with Crippen LogP contribution in [0.15, 0.2) is 77.8 Å². The minimum atomic E-state index is -0.0774. The van der Waals surface area contributed by atoms with Crippen molar-refractivity contribution < 1.29 is 4.74 Å². The Balaban J connectivity index is 1.68. The van der Waals surface area contributed by atoms with Gasteiger partial charge in [0.25, 0.3) is 0 Å². The summed E-state index contributed by atoms with van der Waals surface area (Å²) in [6.07, 6.45) is 1.83. The van der Waals surface area contributed by atoms with Crippen molar-refractivity contribution in [3.63, 3.8) is 0 Å². The van der Waals surface area contributed by atoms with Gasteiger partial charge in [0, 0.05) is 16.3 Å². The molecule has 3 aromatic carbocycles. The van der Waals surface area contributed by atoms with Crippen LogP contribution >= 0.6 is 23.2 Å². The summed E-state index contributed by atoms with van der Waals surface area (Å²) in [6, 6.07) is 22.8. The van der Waals surface area contributed by atoms with Gasteiger partial charge in [0.1, 0.15) is 11.5 Å². The quantitative estimate of drug-likeness (QED) is 0.445. The fraction of sp³-hybridized carbons (Fsp3) is 0.0952. The lowest BCUT2D eigenvalue weighted by molar-refractivity contribution is 0.482. The standard InChI is InChI=1S/C21H17Cl2NO/c1-15(20-13-17(22)9-12-21(20)23)24-14-16-7-10-19(11-8-16)25-18-5-3-2-4-6-18/h2-15H,1H3. The van der Waals surface area contributed by atoms with Gasteiger partial charge in [-0.1, -0.05) is 41.4 Å². The molecule has 0 bridgehead atoms. The molecule has 3 rings (SSSR count). The average molecular weight is 370 g/mol. The van der Waals surface area contributed by atoms with E-state index in [1.807, 2.05) is 73.8 Å². The smallest absolute Gasteiger partial charge is 0.127 e. The van der Waals surface area contributed by atoms with E-state index in [0.717, 1.165) is 22.6 Å². The van der Waals surface area contributed by atoms with E-state index in [9.17, 15) is 0 Å². The lowest BCUT2D eigenvalue weighted by Gasteiger charge is -2.09. The Labute approximate surface area is 157 Å². The van der Waals surface area contributed by atoms with Gasteiger partial charge in [-0.25, -0.2) is 0 Å². The zero-order valence-electron chi connectivity index (χ0n) is 13.7. The van der Waals surface area contributed by atoms with Crippen molar-refractivity contribution in [2.45, 2.75) is 13.0 Å². The average Bonchev–Trinajstić information content (AvgIpc) is 2.64. The Morgan fingerprint density at radius 1 is 0.880 bits per heavy atom. The van der Waals surface area contributed by atoms with Crippen molar-refractivity contribution in [3.8, 4) is 11.5 Å². The number of nitrogens with zero attached hydrogens (tertiary/aromatic N) is 1. The molecule has 0 aromatic heterocycles. The molecule has 0 fully saturated rings. The summed E-state index contributed by atoms with van der Waals surface area (Å²) in [4.78, 5) is 4.57. The molecule has 0 aliphatic carbocycles. The van der Waals surface area contributed by atoms with Gasteiger partial charge in [-0.15, -0.1) is 0 Å². The molecule has 0 amide bonds. The van der Waals surface area contributed by atoms with Gasteiger partial charge in [0.2, 0.25) is 0 Å². The highest BCUT2D eigenvalue weighted by Gasteiger charge is 2.08. The van der Waals surface area contributed by atoms with Crippen LogP contribution in [-0.4, -0.2) is 6.21 Å². The number of ether oxygens (including phenoxy) is 1. The van der Waals surface area contributed by atoms with Gasteiger partial charge in [-0.05, 0) is 72.6 Å². The van der Waals surface area contributed by atoms with Crippen LogP contribution in [0, 0.1) is 0 Å². The summed E-state index contributed by atoms with van der Waals surface area (Å²) in [7, 11) is 0. The maximum absolute atomic E-state index is 6.22. The number of hydrogen-bond acceptors (Lipinski definition) is 2. The molecule has 0 radical (unpaired) electrons. The topological polar surface area (TPSA) is 21.6 Å². The fourth-order valence-corrected chi connectivity index (χ4v) is 2.82. The van der Waals surface area contributed by atoms with Crippen molar-refractivity contribution in [3.05, 3.63) is 94.0 Å². The van der Waals surface area contributed by atoms with Crippen LogP contribution in [0.2, 0.25) is 10.0 Å². The fourth-order valence-electron chi connectivity index (χ4n) is 2.36. The summed E-state index contributed by atoms with van der Waals surface area (Å²) in [6.45, 7) is 1.99. The largest absolute Gasteiger partial charge is 0.457 e. The maximum atomic E-state index is 6.22. The minimum absolute atomic E-state index is 0.0774. The highest BCUT2D eigenvalue weighted by atomic mass is 35.5. The third-order valence-corrected chi connectivity index (χ3v) is 4.29. The van der Waals surface area contributed by atoms with Crippen LogP contribution in [0.4, 0.5) is 0 Å². The van der Waals surface area contributed by atoms with E-state index in [-0.39, 0.29) is 6.04 Å². The van der Waals surface area contributed by atoms with Gasteiger partial charge in [-0.3, -0.25) is 4.99 Å². The second-order valence-electron chi connectivity index (χ2n) is 5.60. The normalized spacial score (nSPS) is 12.3. The first-order valence-corrected chi connectivity index (χ1v) is 8.68. The second kappa shape index (κ2) is 8.19. The lowest BCUT2D eigenvalue weighted by Crippen LogP contribution is -1.93. The first-order chi connectivity index (χ1) is 12.1. The molecule has 0 aliphatic heterocycles. The Morgan fingerprint density at radius 3 is 2.28 bits per heavy atom. The number of aliphatic imine (C=N–C) groups is 1. The summed E-state index contributed by atoms with van der Waals surface area (Å²) in [5, 5.41) is 1.32. The third kappa shape index (κ3) is 4.85. The van der Waals surface area contributed by atoms with E-state index in [4.69, 9.17) is 27.9 Å². The third-order valence-electron chi connectivity index (χ3n) is 3.71. The van der Waals surface area contributed by atoms with Crippen LogP contribution in [0.1, 0.15) is 24.1 Å². The van der Waals surface area contributed by atoms with Gasteiger partial charge in [-0.2, -0.15) is 0 Å². The van der Waals surface area contributed by atoms with Crippen molar-refractivity contribution in [2.75, 3.05) is 0 Å². The molecule has 0 N–H and O–H groups in total.